The smallest absolute Gasteiger partial charge is 0.225 e. The van der Waals surface area contributed by atoms with E-state index in [2.05, 4.69) is 14.3 Å². The molecule has 1 aliphatic heterocycles. The zero-order chi connectivity index (χ0) is 14.8. The molecule has 0 bridgehead atoms. The van der Waals surface area contributed by atoms with Gasteiger partial charge in [-0.3, -0.25) is 4.79 Å². The van der Waals surface area contributed by atoms with E-state index in [1.165, 1.54) is 11.5 Å². The number of amides is 1. The number of rotatable bonds is 2. The first-order valence-corrected chi connectivity index (χ1v) is 8.50. The molecule has 2 aliphatic rings. The maximum absolute atomic E-state index is 12.6. The van der Waals surface area contributed by atoms with Crippen LogP contribution >= 0.6 is 11.5 Å². The molecule has 1 saturated heterocycles. The number of carbonyl (C=O) groups is 1. The second kappa shape index (κ2) is 6.27. The van der Waals surface area contributed by atoms with Crippen LogP contribution in [0.3, 0.4) is 0 Å². The Bertz CT molecular complexity index is 505. The first-order chi connectivity index (χ1) is 10.1. The lowest BCUT2D eigenvalue weighted by molar-refractivity contribution is -0.135. The van der Waals surface area contributed by atoms with Gasteiger partial charge in [-0.25, -0.2) is 4.98 Å². The predicted octanol–water partition coefficient (Wildman–Crippen LogP) is 1.01. The van der Waals surface area contributed by atoms with Gasteiger partial charge in [0.25, 0.3) is 0 Å². The van der Waals surface area contributed by atoms with Crippen LogP contribution in [0.15, 0.2) is 0 Å². The second-order valence-electron chi connectivity index (χ2n) is 6.06. The fraction of sp³-hybridized carbons (Fsp3) is 0.786. The minimum Gasteiger partial charge on any atom is -0.345 e. The van der Waals surface area contributed by atoms with Crippen LogP contribution in [-0.2, 0) is 4.79 Å². The monoisotopic (exact) mass is 309 g/mol. The third-order valence-corrected chi connectivity index (χ3v) is 5.29. The Morgan fingerprint density at radius 1 is 1.29 bits per heavy atom. The molecule has 1 aromatic heterocycles. The molecule has 2 atom stereocenters. The van der Waals surface area contributed by atoms with Crippen LogP contribution in [0.1, 0.15) is 31.5 Å². The summed E-state index contributed by atoms with van der Waals surface area (Å²) in [5, 5.41) is 0.977. The molecule has 116 valence electrons. The Morgan fingerprint density at radius 2 is 2.14 bits per heavy atom. The lowest BCUT2D eigenvalue weighted by atomic mass is 10.1. The van der Waals surface area contributed by atoms with E-state index in [0.717, 1.165) is 62.8 Å². The maximum atomic E-state index is 12.6. The summed E-state index contributed by atoms with van der Waals surface area (Å²) in [6, 6.07) is 0.215. The van der Waals surface area contributed by atoms with Crippen molar-refractivity contribution in [3.8, 4) is 0 Å². The summed E-state index contributed by atoms with van der Waals surface area (Å²) in [5.41, 5.74) is 5.93. The highest BCUT2D eigenvalue weighted by molar-refractivity contribution is 7.09. The Labute approximate surface area is 129 Å². The van der Waals surface area contributed by atoms with Gasteiger partial charge in [0.05, 0.1) is 0 Å². The zero-order valence-electron chi connectivity index (χ0n) is 12.5. The molecule has 2 fully saturated rings. The SMILES string of the molecule is Cc1nsc(N2CCCN(C(=O)C3CCC(N)C3)CC2)n1. The highest BCUT2D eigenvalue weighted by Gasteiger charge is 2.31. The van der Waals surface area contributed by atoms with Gasteiger partial charge in [-0.1, -0.05) is 0 Å². The summed E-state index contributed by atoms with van der Waals surface area (Å²) in [7, 11) is 0. The van der Waals surface area contributed by atoms with Gasteiger partial charge in [0.1, 0.15) is 5.82 Å². The van der Waals surface area contributed by atoms with Crippen LogP contribution in [-0.4, -0.2) is 52.4 Å². The lowest BCUT2D eigenvalue weighted by Crippen LogP contribution is -2.38. The molecule has 1 amide bonds. The molecule has 2 heterocycles. The molecule has 6 nitrogen and oxygen atoms in total. The van der Waals surface area contributed by atoms with E-state index in [4.69, 9.17) is 5.73 Å². The first-order valence-electron chi connectivity index (χ1n) is 7.73. The van der Waals surface area contributed by atoms with Gasteiger partial charge in [-0.05, 0) is 32.6 Å². The van der Waals surface area contributed by atoms with Crippen molar-refractivity contribution in [2.75, 3.05) is 31.1 Å². The van der Waals surface area contributed by atoms with Crippen molar-refractivity contribution < 1.29 is 4.79 Å². The van der Waals surface area contributed by atoms with Gasteiger partial charge in [0.2, 0.25) is 11.0 Å². The number of aryl methyl sites for hydroxylation is 1. The summed E-state index contributed by atoms with van der Waals surface area (Å²) in [4.78, 5) is 21.3. The van der Waals surface area contributed by atoms with Crippen molar-refractivity contribution in [2.45, 2.75) is 38.6 Å². The van der Waals surface area contributed by atoms with E-state index in [9.17, 15) is 4.79 Å². The largest absolute Gasteiger partial charge is 0.345 e. The van der Waals surface area contributed by atoms with Gasteiger partial charge in [0, 0.05) is 49.7 Å². The van der Waals surface area contributed by atoms with Crippen molar-refractivity contribution in [1.82, 2.24) is 14.3 Å². The number of carbonyl (C=O) groups excluding carboxylic acids is 1. The second-order valence-corrected chi connectivity index (χ2v) is 6.79. The normalized spacial score (nSPS) is 27.0. The van der Waals surface area contributed by atoms with Gasteiger partial charge in [-0.2, -0.15) is 4.37 Å². The maximum Gasteiger partial charge on any atom is 0.225 e. The molecule has 7 heteroatoms. The fourth-order valence-electron chi connectivity index (χ4n) is 3.24. The van der Waals surface area contributed by atoms with Crippen molar-refractivity contribution in [3.63, 3.8) is 0 Å². The van der Waals surface area contributed by atoms with E-state index in [1.54, 1.807) is 0 Å². The van der Waals surface area contributed by atoms with Crippen LogP contribution in [0.2, 0.25) is 0 Å². The lowest BCUT2D eigenvalue weighted by Gasteiger charge is -2.24. The molecule has 0 spiro atoms. The van der Waals surface area contributed by atoms with E-state index < -0.39 is 0 Å². The third-order valence-electron chi connectivity index (χ3n) is 4.42. The molecule has 0 aromatic carbocycles. The Kier molecular flexibility index (Phi) is 4.40. The average molecular weight is 309 g/mol. The molecule has 21 heavy (non-hydrogen) atoms. The van der Waals surface area contributed by atoms with Crippen molar-refractivity contribution in [2.24, 2.45) is 11.7 Å². The third kappa shape index (κ3) is 3.35. The Morgan fingerprint density at radius 3 is 2.81 bits per heavy atom. The molecule has 1 aliphatic carbocycles. The predicted molar refractivity (Wildman–Crippen MR) is 83.4 cm³/mol. The van der Waals surface area contributed by atoms with Crippen molar-refractivity contribution in [3.05, 3.63) is 5.82 Å². The minimum atomic E-state index is 0.148. The van der Waals surface area contributed by atoms with Crippen molar-refractivity contribution in [1.29, 1.82) is 0 Å². The molecule has 2 N–H and O–H groups in total. The van der Waals surface area contributed by atoms with E-state index in [0.29, 0.717) is 5.91 Å². The highest BCUT2D eigenvalue weighted by atomic mass is 32.1. The zero-order valence-corrected chi connectivity index (χ0v) is 13.3. The average Bonchev–Trinajstić information content (AvgIpc) is 3.00. The standard InChI is InChI=1S/C14H23N5OS/c1-10-16-14(21-17-10)19-6-2-5-18(7-8-19)13(20)11-3-4-12(15)9-11/h11-12H,2-9,15H2,1H3. The fourth-order valence-corrected chi connectivity index (χ4v) is 3.97. The van der Waals surface area contributed by atoms with Gasteiger partial charge >= 0.3 is 0 Å². The van der Waals surface area contributed by atoms with E-state index in [-0.39, 0.29) is 12.0 Å². The van der Waals surface area contributed by atoms with Crippen LogP contribution in [0.4, 0.5) is 5.13 Å². The van der Waals surface area contributed by atoms with Crippen LogP contribution in [0.25, 0.3) is 0 Å². The summed E-state index contributed by atoms with van der Waals surface area (Å²) in [6.45, 7) is 5.33. The molecule has 1 saturated carbocycles. The van der Waals surface area contributed by atoms with Crippen molar-refractivity contribution >= 4 is 22.6 Å². The van der Waals surface area contributed by atoms with Gasteiger partial charge in [-0.15, -0.1) is 0 Å². The van der Waals surface area contributed by atoms with Crippen LogP contribution < -0.4 is 10.6 Å². The Balaban J connectivity index is 1.59. The van der Waals surface area contributed by atoms with Gasteiger partial charge in [0.15, 0.2) is 0 Å². The molecular formula is C14H23N5OS. The van der Waals surface area contributed by atoms with E-state index >= 15 is 0 Å². The number of hydrogen-bond donors (Lipinski definition) is 1. The highest BCUT2D eigenvalue weighted by Crippen LogP contribution is 2.27. The first kappa shape index (κ1) is 14.7. The molecule has 1 aromatic rings. The van der Waals surface area contributed by atoms with Gasteiger partial charge < -0.3 is 15.5 Å². The molecule has 3 rings (SSSR count). The van der Waals surface area contributed by atoms with Crippen LogP contribution in [0, 0.1) is 12.8 Å². The molecular weight excluding hydrogens is 286 g/mol. The summed E-state index contributed by atoms with van der Waals surface area (Å²) >= 11 is 1.45. The topological polar surface area (TPSA) is 75.4 Å². The molecule has 0 radical (unpaired) electrons. The quantitative estimate of drug-likeness (QED) is 0.882. The number of hydrogen-bond acceptors (Lipinski definition) is 6. The molecule has 2 unspecified atom stereocenters. The Hall–Kier alpha value is -1.21. The van der Waals surface area contributed by atoms with Crippen LogP contribution in [0.5, 0.6) is 0 Å². The number of nitrogens with zero attached hydrogens (tertiary/aromatic N) is 4. The minimum absolute atomic E-state index is 0.148. The number of aromatic nitrogens is 2. The number of anilines is 1. The summed E-state index contributed by atoms with van der Waals surface area (Å²) < 4.78 is 4.24. The summed E-state index contributed by atoms with van der Waals surface area (Å²) in [5.74, 6) is 1.28. The van der Waals surface area contributed by atoms with E-state index in [1.807, 2.05) is 11.8 Å². The summed E-state index contributed by atoms with van der Waals surface area (Å²) in [6.07, 6.45) is 3.79. The number of nitrogens with two attached hydrogens (primary N) is 1.